The fourth-order valence-corrected chi connectivity index (χ4v) is 3.11. The summed E-state index contributed by atoms with van der Waals surface area (Å²) in [5.74, 6) is -0.288. The summed E-state index contributed by atoms with van der Waals surface area (Å²) < 4.78 is 13.0. The van der Waals surface area contributed by atoms with E-state index in [0.29, 0.717) is 13.0 Å². The quantitative estimate of drug-likeness (QED) is 0.630. The minimum Gasteiger partial charge on any atom is -0.356 e. The molecule has 0 unspecified atom stereocenters. The molecule has 1 aromatic heterocycles. The number of hydrogen-bond donors (Lipinski definition) is 2. The van der Waals surface area contributed by atoms with Gasteiger partial charge in [-0.3, -0.25) is 4.79 Å². The third kappa shape index (κ3) is 5.59. The van der Waals surface area contributed by atoms with Crippen LogP contribution in [-0.2, 0) is 17.8 Å². The molecule has 0 aliphatic rings. The first-order valence-corrected chi connectivity index (χ1v) is 9.52. The Hall–Kier alpha value is -2.80. The molecule has 1 heterocycles. The Labute approximate surface area is 161 Å². The third-order valence-electron chi connectivity index (χ3n) is 3.93. The summed E-state index contributed by atoms with van der Waals surface area (Å²) in [6, 6.07) is 14.1. The number of rotatable bonds is 7. The lowest BCUT2D eigenvalue weighted by Gasteiger charge is -2.08. The van der Waals surface area contributed by atoms with E-state index in [-0.39, 0.29) is 17.6 Å². The maximum Gasteiger partial charge on any atom is 0.226 e. The highest BCUT2D eigenvalue weighted by Gasteiger charge is 2.08. The Balaban J connectivity index is 1.52. The van der Waals surface area contributed by atoms with Gasteiger partial charge in [0.05, 0.1) is 0 Å². The highest BCUT2D eigenvalue weighted by atomic mass is 32.1. The molecule has 0 spiro atoms. The van der Waals surface area contributed by atoms with Crippen molar-refractivity contribution in [1.29, 1.82) is 0 Å². The zero-order chi connectivity index (χ0) is 19.2. The fourth-order valence-electron chi connectivity index (χ4n) is 2.34. The van der Waals surface area contributed by atoms with Gasteiger partial charge in [-0.1, -0.05) is 49.4 Å². The molecule has 27 heavy (non-hydrogen) atoms. The van der Waals surface area contributed by atoms with Gasteiger partial charge in [0.1, 0.15) is 10.8 Å². The zero-order valence-corrected chi connectivity index (χ0v) is 16.0. The van der Waals surface area contributed by atoms with Crippen molar-refractivity contribution in [2.45, 2.75) is 26.8 Å². The lowest BCUT2D eigenvalue weighted by molar-refractivity contribution is -0.118. The molecule has 1 amide bonds. The number of nitrogens with zero attached hydrogens (tertiary/aromatic N) is 2. The molecule has 0 atom stereocenters. The fraction of sp³-hybridized carbons (Fsp3) is 0.250. The average molecular weight is 384 g/mol. The van der Waals surface area contributed by atoms with Crippen molar-refractivity contribution < 1.29 is 9.18 Å². The van der Waals surface area contributed by atoms with E-state index in [4.69, 9.17) is 0 Å². The van der Waals surface area contributed by atoms with Gasteiger partial charge >= 0.3 is 0 Å². The molecular formula is C20H21FN4OS. The normalized spacial score (nSPS) is 10.8. The Bertz CT molecular complexity index is 891. The van der Waals surface area contributed by atoms with Gasteiger partial charge in [-0.15, -0.1) is 10.2 Å². The minimum atomic E-state index is -0.242. The van der Waals surface area contributed by atoms with Gasteiger partial charge < -0.3 is 10.6 Å². The van der Waals surface area contributed by atoms with Crippen LogP contribution in [-0.4, -0.2) is 16.1 Å². The Morgan fingerprint density at radius 2 is 1.70 bits per heavy atom. The summed E-state index contributed by atoms with van der Waals surface area (Å²) in [6.45, 7) is 4.34. The first-order valence-electron chi connectivity index (χ1n) is 8.70. The van der Waals surface area contributed by atoms with Crippen LogP contribution in [0.25, 0.3) is 0 Å². The van der Waals surface area contributed by atoms with Crippen LogP contribution in [0.4, 0.5) is 15.2 Å². The number of amides is 1. The topological polar surface area (TPSA) is 66.9 Å². The average Bonchev–Trinajstić information content (AvgIpc) is 3.10. The number of anilines is 2. The van der Waals surface area contributed by atoms with Crippen LogP contribution in [0.5, 0.6) is 0 Å². The van der Waals surface area contributed by atoms with Crippen molar-refractivity contribution in [2.24, 2.45) is 5.92 Å². The van der Waals surface area contributed by atoms with Gasteiger partial charge in [-0.25, -0.2) is 4.39 Å². The lowest BCUT2D eigenvalue weighted by Crippen LogP contribution is -2.17. The third-order valence-corrected chi connectivity index (χ3v) is 4.81. The summed E-state index contributed by atoms with van der Waals surface area (Å²) in [4.78, 5) is 11.7. The van der Waals surface area contributed by atoms with Gasteiger partial charge in [0.25, 0.3) is 0 Å². The number of aromatic nitrogens is 2. The maximum absolute atomic E-state index is 13.0. The van der Waals surface area contributed by atoms with Crippen molar-refractivity contribution in [1.82, 2.24) is 10.2 Å². The van der Waals surface area contributed by atoms with Gasteiger partial charge in [0.2, 0.25) is 11.0 Å². The molecule has 140 valence electrons. The first-order chi connectivity index (χ1) is 13.0. The molecule has 3 aromatic rings. The number of halogens is 1. The van der Waals surface area contributed by atoms with Gasteiger partial charge in [-0.05, 0) is 35.4 Å². The smallest absolute Gasteiger partial charge is 0.226 e. The second-order valence-electron chi connectivity index (χ2n) is 6.50. The Morgan fingerprint density at radius 1 is 1.04 bits per heavy atom. The van der Waals surface area contributed by atoms with Crippen LogP contribution in [0.2, 0.25) is 0 Å². The molecule has 0 bridgehead atoms. The van der Waals surface area contributed by atoms with E-state index in [0.717, 1.165) is 27.0 Å². The number of carbonyl (C=O) groups is 1. The number of carbonyl (C=O) groups excluding carboxylic acids is 1. The summed E-state index contributed by atoms with van der Waals surface area (Å²) in [5, 5.41) is 16.1. The van der Waals surface area contributed by atoms with Gasteiger partial charge in [-0.2, -0.15) is 0 Å². The molecule has 0 aliphatic heterocycles. The predicted molar refractivity (Wildman–Crippen MR) is 106 cm³/mol. The molecular weight excluding hydrogens is 363 g/mol. The van der Waals surface area contributed by atoms with Crippen LogP contribution >= 0.6 is 11.3 Å². The van der Waals surface area contributed by atoms with Crippen molar-refractivity contribution >= 4 is 28.1 Å². The molecule has 0 aliphatic carbocycles. The van der Waals surface area contributed by atoms with Crippen LogP contribution in [0.1, 0.15) is 30.0 Å². The van der Waals surface area contributed by atoms with Crippen molar-refractivity contribution in [2.75, 3.05) is 10.6 Å². The summed E-state index contributed by atoms with van der Waals surface area (Å²) >= 11 is 1.48. The summed E-state index contributed by atoms with van der Waals surface area (Å²) in [7, 11) is 0. The monoisotopic (exact) mass is 384 g/mol. The second-order valence-corrected chi connectivity index (χ2v) is 7.56. The van der Waals surface area contributed by atoms with E-state index in [1.165, 1.54) is 23.5 Å². The highest BCUT2D eigenvalue weighted by molar-refractivity contribution is 7.15. The standard InChI is InChI=1S/C20H21FN4OS/c1-13(2)19(26)23-17-9-5-15(6-10-17)12-22-20-25-24-18(27-20)11-14-3-7-16(21)8-4-14/h3-10,13H,11-12H2,1-2H3,(H,22,25)(H,23,26). The van der Waals surface area contributed by atoms with Crippen molar-refractivity contribution in [3.63, 3.8) is 0 Å². The van der Waals surface area contributed by atoms with E-state index in [2.05, 4.69) is 20.8 Å². The largest absolute Gasteiger partial charge is 0.356 e. The van der Waals surface area contributed by atoms with E-state index < -0.39 is 0 Å². The summed E-state index contributed by atoms with van der Waals surface area (Å²) in [5.41, 5.74) is 2.86. The van der Waals surface area contributed by atoms with Crippen LogP contribution < -0.4 is 10.6 Å². The van der Waals surface area contributed by atoms with Gasteiger partial charge in [0, 0.05) is 24.6 Å². The Morgan fingerprint density at radius 3 is 2.37 bits per heavy atom. The molecule has 0 saturated carbocycles. The van der Waals surface area contributed by atoms with Crippen LogP contribution in [0.3, 0.4) is 0 Å². The summed E-state index contributed by atoms with van der Waals surface area (Å²) in [6.07, 6.45) is 0.629. The van der Waals surface area contributed by atoms with E-state index >= 15 is 0 Å². The molecule has 2 N–H and O–H groups in total. The predicted octanol–water partition coefficient (Wildman–Crippen LogP) is 4.47. The number of nitrogens with one attached hydrogen (secondary N) is 2. The molecule has 0 radical (unpaired) electrons. The van der Waals surface area contributed by atoms with Crippen LogP contribution in [0, 0.1) is 11.7 Å². The van der Waals surface area contributed by atoms with Crippen molar-refractivity contribution in [3.05, 3.63) is 70.5 Å². The Kier molecular flexibility index (Phi) is 6.13. The highest BCUT2D eigenvalue weighted by Crippen LogP contribution is 2.20. The molecule has 0 saturated heterocycles. The SMILES string of the molecule is CC(C)C(=O)Nc1ccc(CNc2nnc(Cc3ccc(F)cc3)s2)cc1. The minimum absolute atomic E-state index is 0.00317. The zero-order valence-electron chi connectivity index (χ0n) is 15.2. The molecule has 7 heteroatoms. The van der Waals surface area contributed by atoms with E-state index in [1.54, 1.807) is 12.1 Å². The first kappa shape index (κ1) is 19.0. The van der Waals surface area contributed by atoms with Crippen LogP contribution in [0.15, 0.2) is 48.5 Å². The molecule has 5 nitrogen and oxygen atoms in total. The van der Waals surface area contributed by atoms with Gasteiger partial charge in [0.15, 0.2) is 0 Å². The molecule has 2 aromatic carbocycles. The number of benzene rings is 2. The van der Waals surface area contributed by atoms with E-state index in [1.807, 2.05) is 38.1 Å². The van der Waals surface area contributed by atoms with E-state index in [9.17, 15) is 9.18 Å². The number of hydrogen-bond acceptors (Lipinski definition) is 5. The molecule has 3 rings (SSSR count). The second kappa shape index (κ2) is 8.73. The molecule has 0 fully saturated rings. The maximum atomic E-state index is 13.0. The lowest BCUT2D eigenvalue weighted by atomic mass is 10.1. The van der Waals surface area contributed by atoms with Crippen molar-refractivity contribution in [3.8, 4) is 0 Å².